The highest BCUT2D eigenvalue weighted by atomic mass is 32.2. The summed E-state index contributed by atoms with van der Waals surface area (Å²) >= 11 is 0. The van der Waals surface area contributed by atoms with Gasteiger partial charge in [0.15, 0.2) is 17.5 Å². The summed E-state index contributed by atoms with van der Waals surface area (Å²) in [6.07, 6.45) is 0. The Morgan fingerprint density at radius 1 is 0.824 bits per heavy atom. The zero-order chi connectivity index (χ0) is 25.0. The van der Waals surface area contributed by atoms with Crippen LogP contribution in [0.5, 0.6) is 11.5 Å². The van der Waals surface area contributed by atoms with E-state index in [1.807, 2.05) is 0 Å². The molecule has 7 nitrogen and oxygen atoms in total. The van der Waals surface area contributed by atoms with Gasteiger partial charge in [-0.25, -0.2) is 26.4 Å². The van der Waals surface area contributed by atoms with Crippen LogP contribution in [0.4, 0.5) is 13.2 Å². The first-order valence-electron chi connectivity index (χ1n) is 9.75. The number of aromatic carboxylic acids is 1. The Kier molecular flexibility index (Phi) is 7.48. The monoisotopic (exact) mass is 495 g/mol. The number of carboxylic acid groups (broad SMARTS) is 1. The van der Waals surface area contributed by atoms with Crippen LogP contribution in [0.25, 0.3) is 0 Å². The molecule has 3 aromatic carbocycles. The minimum atomic E-state index is -4.83. The summed E-state index contributed by atoms with van der Waals surface area (Å²) in [7, 11) is -1.91. The second-order valence-corrected chi connectivity index (χ2v) is 9.04. The molecular weight excluding hydrogens is 475 g/mol. The Labute approximate surface area is 194 Å². The fourth-order valence-corrected chi connectivity index (χ4v) is 4.66. The third-order valence-electron chi connectivity index (χ3n) is 5.00. The van der Waals surface area contributed by atoms with Crippen molar-refractivity contribution in [2.24, 2.45) is 0 Å². The van der Waals surface area contributed by atoms with Gasteiger partial charge in [-0.05, 0) is 41.5 Å². The van der Waals surface area contributed by atoms with E-state index in [4.69, 9.17) is 14.6 Å². The van der Waals surface area contributed by atoms with Crippen molar-refractivity contribution in [2.45, 2.75) is 18.0 Å². The summed E-state index contributed by atoms with van der Waals surface area (Å²) in [5.41, 5.74) is -0.329. The molecule has 0 radical (unpaired) electrons. The molecule has 0 saturated carbocycles. The summed E-state index contributed by atoms with van der Waals surface area (Å²) in [5, 5.41) is 9.12. The van der Waals surface area contributed by atoms with Crippen molar-refractivity contribution in [3.8, 4) is 11.5 Å². The molecule has 0 bridgehead atoms. The van der Waals surface area contributed by atoms with E-state index in [9.17, 15) is 26.4 Å². The Morgan fingerprint density at radius 3 is 1.65 bits per heavy atom. The van der Waals surface area contributed by atoms with Gasteiger partial charge >= 0.3 is 5.97 Å². The van der Waals surface area contributed by atoms with E-state index < -0.39 is 43.9 Å². The molecule has 180 valence electrons. The molecular formula is C23H20F3NO6S. The van der Waals surface area contributed by atoms with Gasteiger partial charge in [-0.3, -0.25) is 0 Å². The second-order valence-electron chi connectivity index (χ2n) is 7.14. The summed E-state index contributed by atoms with van der Waals surface area (Å²) in [5.74, 6) is -7.08. The molecule has 0 aliphatic heterocycles. The van der Waals surface area contributed by atoms with Gasteiger partial charge in [0.2, 0.25) is 10.0 Å². The molecule has 0 atom stereocenters. The third-order valence-corrected chi connectivity index (χ3v) is 6.79. The van der Waals surface area contributed by atoms with Crippen LogP contribution in [0.3, 0.4) is 0 Å². The molecule has 11 heteroatoms. The molecule has 0 amide bonds. The van der Waals surface area contributed by atoms with Crippen LogP contribution in [0.2, 0.25) is 0 Å². The van der Waals surface area contributed by atoms with Crippen molar-refractivity contribution in [2.75, 3.05) is 14.2 Å². The topological polar surface area (TPSA) is 93.1 Å². The Morgan fingerprint density at radius 2 is 1.26 bits per heavy atom. The molecule has 34 heavy (non-hydrogen) atoms. The fraction of sp³-hybridized carbons (Fsp3) is 0.174. The van der Waals surface area contributed by atoms with Gasteiger partial charge in [-0.1, -0.05) is 24.3 Å². The van der Waals surface area contributed by atoms with Crippen molar-refractivity contribution in [3.63, 3.8) is 0 Å². The number of sulfonamides is 1. The second kappa shape index (κ2) is 10.1. The average Bonchev–Trinajstić information content (AvgIpc) is 2.82. The fourth-order valence-electron chi connectivity index (χ4n) is 3.16. The number of carboxylic acids is 1. The van der Waals surface area contributed by atoms with Gasteiger partial charge in [-0.15, -0.1) is 0 Å². The number of methoxy groups -OCH3 is 2. The van der Waals surface area contributed by atoms with Gasteiger partial charge in [0.05, 0.1) is 19.8 Å². The molecule has 0 aliphatic rings. The first kappa shape index (κ1) is 25.1. The highest BCUT2D eigenvalue weighted by Gasteiger charge is 2.33. The number of rotatable bonds is 9. The summed E-state index contributed by atoms with van der Waals surface area (Å²) in [4.78, 5) is 9.99. The first-order chi connectivity index (χ1) is 16.1. The zero-order valence-corrected chi connectivity index (χ0v) is 18.9. The number of halogens is 3. The SMILES string of the molecule is COc1ccc(CN(Cc2ccc(OC)cc2)S(=O)(=O)c2cc(C(=O)O)c(F)c(F)c2F)cc1. The molecule has 0 spiro atoms. The van der Waals surface area contributed by atoms with Crippen LogP contribution >= 0.6 is 0 Å². The number of hydrogen-bond donors (Lipinski definition) is 1. The van der Waals surface area contributed by atoms with Gasteiger partial charge in [0.25, 0.3) is 0 Å². The number of nitrogens with zero attached hydrogens (tertiary/aromatic N) is 1. The maximum absolute atomic E-state index is 14.6. The zero-order valence-electron chi connectivity index (χ0n) is 18.1. The van der Waals surface area contributed by atoms with Crippen LogP contribution in [0, 0.1) is 17.5 Å². The highest BCUT2D eigenvalue weighted by Crippen LogP contribution is 2.29. The van der Waals surface area contributed by atoms with Crippen molar-refractivity contribution >= 4 is 16.0 Å². The smallest absolute Gasteiger partial charge is 0.338 e. The van der Waals surface area contributed by atoms with E-state index in [1.54, 1.807) is 48.5 Å². The quantitative estimate of drug-likeness (QED) is 0.447. The Balaban J connectivity index is 2.10. The normalized spacial score (nSPS) is 11.5. The van der Waals surface area contributed by atoms with Gasteiger partial charge in [0, 0.05) is 13.1 Å². The number of ether oxygens (including phenoxy) is 2. The molecule has 0 saturated heterocycles. The summed E-state index contributed by atoms with van der Waals surface area (Å²) < 4.78 is 80.4. The molecule has 0 unspecified atom stereocenters. The predicted octanol–water partition coefficient (Wildman–Crippen LogP) is 4.21. The number of benzene rings is 3. The molecule has 1 N–H and O–H groups in total. The van der Waals surface area contributed by atoms with Crippen LogP contribution in [0.1, 0.15) is 21.5 Å². The van der Waals surface area contributed by atoms with E-state index in [0.29, 0.717) is 22.6 Å². The lowest BCUT2D eigenvalue weighted by Gasteiger charge is -2.23. The molecule has 3 aromatic rings. The van der Waals surface area contributed by atoms with E-state index in [2.05, 4.69) is 0 Å². The van der Waals surface area contributed by atoms with Crippen molar-refractivity contribution in [3.05, 3.63) is 88.7 Å². The third kappa shape index (κ3) is 5.15. The maximum Gasteiger partial charge on any atom is 0.338 e. The molecule has 3 rings (SSSR count). The lowest BCUT2D eigenvalue weighted by molar-refractivity contribution is 0.0690. The Hall–Kier alpha value is -3.57. The molecule has 0 fully saturated rings. The first-order valence-corrected chi connectivity index (χ1v) is 11.2. The molecule has 0 aromatic heterocycles. The minimum Gasteiger partial charge on any atom is -0.497 e. The lowest BCUT2D eigenvalue weighted by Crippen LogP contribution is -2.31. The highest BCUT2D eigenvalue weighted by molar-refractivity contribution is 7.89. The van der Waals surface area contributed by atoms with Gasteiger partial charge in [-0.2, -0.15) is 4.31 Å². The van der Waals surface area contributed by atoms with Gasteiger partial charge < -0.3 is 14.6 Å². The predicted molar refractivity (Wildman–Crippen MR) is 116 cm³/mol. The van der Waals surface area contributed by atoms with Crippen LogP contribution in [-0.2, 0) is 23.1 Å². The maximum atomic E-state index is 14.6. The van der Waals surface area contributed by atoms with Crippen LogP contribution < -0.4 is 9.47 Å². The van der Waals surface area contributed by atoms with E-state index in [0.717, 1.165) is 4.31 Å². The Bertz CT molecular complexity index is 1250. The van der Waals surface area contributed by atoms with E-state index in [-0.39, 0.29) is 19.2 Å². The standard InChI is InChI=1S/C23H20F3NO6S/c1-32-16-7-3-14(4-8-16)12-27(13-15-5-9-17(33-2)10-6-15)34(30,31)19-11-18(23(28)29)20(24)22(26)21(19)25/h3-11H,12-13H2,1-2H3,(H,28,29). The van der Waals surface area contributed by atoms with Crippen molar-refractivity contribution < 1.29 is 41.0 Å². The summed E-state index contributed by atoms with van der Waals surface area (Å²) in [6.45, 7) is -0.557. The van der Waals surface area contributed by atoms with Gasteiger partial charge in [0.1, 0.15) is 16.4 Å². The number of carbonyl (C=O) groups is 1. The molecule has 0 aliphatic carbocycles. The van der Waals surface area contributed by atoms with Crippen molar-refractivity contribution in [1.82, 2.24) is 4.31 Å². The largest absolute Gasteiger partial charge is 0.497 e. The average molecular weight is 495 g/mol. The van der Waals surface area contributed by atoms with Crippen LogP contribution in [0.15, 0.2) is 59.5 Å². The summed E-state index contributed by atoms with van der Waals surface area (Å²) in [6, 6.07) is 13.0. The van der Waals surface area contributed by atoms with Crippen LogP contribution in [-0.4, -0.2) is 38.0 Å². The van der Waals surface area contributed by atoms with Crippen molar-refractivity contribution in [1.29, 1.82) is 0 Å². The van der Waals surface area contributed by atoms with E-state index in [1.165, 1.54) is 14.2 Å². The van der Waals surface area contributed by atoms with E-state index >= 15 is 0 Å². The number of hydrogen-bond acceptors (Lipinski definition) is 5. The lowest BCUT2D eigenvalue weighted by atomic mass is 10.2. The molecule has 0 heterocycles. The minimum absolute atomic E-state index is 0.278.